The minimum absolute atomic E-state index is 0.815. The maximum atomic E-state index is 5.68. The van der Waals surface area contributed by atoms with Crippen molar-refractivity contribution in [2.24, 2.45) is 0 Å². The fourth-order valence-corrected chi connectivity index (χ4v) is 2.28. The average molecular weight is 233 g/mol. The van der Waals surface area contributed by atoms with Crippen LogP contribution in [0, 0.1) is 6.26 Å². The van der Waals surface area contributed by atoms with Crippen LogP contribution < -0.4 is 0 Å². The number of hydrogen-bond donors (Lipinski definition) is 0. The van der Waals surface area contributed by atoms with Gasteiger partial charge in [0, 0.05) is 16.2 Å². The minimum Gasteiger partial charge on any atom is -0.463 e. The zero-order valence-corrected chi connectivity index (χ0v) is 9.51. The lowest BCUT2D eigenvalue weighted by Crippen LogP contribution is -1.72. The van der Waals surface area contributed by atoms with Gasteiger partial charge in [-0.3, -0.25) is 0 Å². The monoisotopic (exact) mass is 233 g/mol. The van der Waals surface area contributed by atoms with Crippen molar-refractivity contribution in [3.8, 4) is 11.3 Å². The molecule has 2 heteroatoms. The van der Waals surface area contributed by atoms with Gasteiger partial charge in [0.15, 0.2) is 6.26 Å². The number of hydrogen-bond acceptors (Lipinski definition) is 2. The molecular formula is C16H9O2. The van der Waals surface area contributed by atoms with Crippen molar-refractivity contribution >= 4 is 21.7 Å². The van der Waals surface area contributed by atoms with Crippen LogP contribution in [0.5, 0.6) is 0 Å². The molecule has 0 atom stereocenters. The number of para-hydroxylation sites is 1. The Balaban J connectivity index is 2.08. The smallest absolute Gasteiger partial charge is 0.182 e. The van der Waals surface area contributed by atoms with Crippen molar-refractivity contribution in [2.45, 2.75) is 0 Å². The van der Waals surface area contributed by atoms with Gasteiger partial charge in [0.1, 0.15) is 11.3 Å². The molecule has 2 nitrogen and oxygen atoms in total. The van der Waals surface area contributed by atoms with Crippen molar-refractivity contribution in [2.75, 3.05) is 0 Å². The van der Waals surface area contributed by atoms with Crippen LogP contribution in [0.4, 0.5) is 0 Å². The third kappa shape index (κ3) is 1.23. The molecule has 0 bridgehead atoms. The summed E-state index contributed by atoms with van der Waals surface area (Å²) in [4.78, 5) is 0. The molecule has 2 aromatic carbocycles. The van der Waals surface area contributed by atoms with Crippen molar-refractivity contribution in [1.82, 2.24) is 0 Å². The van der Waals surface area contributed by atoms with E-state index in [9.17, 15) is 0 Å². The molecule has 2 aromatic heterocycles. The highest BCUT2D eigenvalue weighted by molar-refractivity contribution is 6.01. The number of furan rings is 2. The Morgan fingerprint density at radius 2 is 1.61 bits per heavy atom. The molecule has 4 aromatic rings. The summed E-state index contributed by atoms with van der Waals surface area (Å²) in [5.41, 5.74) is 1.71. The van der Waals surface area contributed by atoms with Crippen molar-refractivity contribution in [1.29, 1.82) is 0 Å². The Labute approximate surface area is 103 Å². The zero-order valence-electron chi connectivity index (χ0n) is 9.51. The highest BCUT2D eigenvalue weighted by atomic mass is 16.3. The molecule has 0 aliphatic rings. The maximum Gasteiger partial charge on any atom is 0.182 e. The molecule has 0 N–H and O–H groups in total. The quantitative estimate of drug-likeness (QED) is 0.478. The molecule has 18 heavy (non-hydrogen) atoms. The first kappa shape index (κ1) is 9.54. The summed E-state index contributed by atoms with van der Waals surface area (Å²) in [6.45, 7) is 0. The standard InChI is InChI=1S/C16H9O2/c1-2-6-12-11(5-1)9-18-16(12)14-10-17-15-8-4-3-7-13(14)15/h1-9H. The van der Waals surface area contributed by atoms with Gasteiger partial charge in [0.2, 0.25) is 0 Å². The van der Waals surface area contributed by atoms with Crippen LogP contribution >= 0.6 is 0 Å². The van der Waals surface area contributed by atoms with Gasteiger partial charge in [-0.25, -0.2) is 0 Å². The SMILES string of the molecule is [c]1oc2ccccc2c1-c1occ2ccccc12. The van der Waals surface area contributed by atoms with Crippen LogP contribution in [0.15, 0.2) is 63.6 Å². The molecule has 0 saturated heterocycles. The first-order valence-corrected chi connectivity index (χ1v) is 5.79. The molecule has 0 fully saturated rings. The van der Waals surface area contributed by atoms with Crippen LogP contribution in [0.2, 0.25) is 0 Å². The van der Waals surface area contributed by atoms with E-state index < -0.39 is 0 Å². The first-order valence-electron chi connectivity index (χ1n) is 5.79. The van der Waals surface area contributed by atoms with E-state index in [1.54, 1.807) is 6.26 Å². The fourth-order valence-electron chi connectivity index (χ4n) is 2.28. The Morgan fingerprint density at radius 3 is 2.56 bits per heavy atom. The number of fused-ring (bicyclic) bond motifs is 2. The first-order chi connectivity index (χ1) is 8.93. The largest absolute Gasteiger partial charge is 0.463 e. The molecule has 0 unspecified atom stereocenters. The molecule has 0 saturated carbocycles. The second kappa shape index (κ2) is 3.50. The molecule has 4 rings (SSSR count). The normalized spacial score (nSPS) is 11.3. The lowest BCUT2D eigenvalue weighted by Gasteiger charge is -1.94. The van der Waals surface area contributed by atoms with Crippen LogP contribution in [-0.4, -0.2) is 0 Å². The van der Waals surface area contributed by atoms with E-state index in [-0.39, 0.29) is 0 Å². The van der Waals surface area contributed by atoms with Crippen LogP contribution in [-0.2, 0) is 0 Å². The van der Waals surface area contributed by atoms with E-state index in [2.05, 4.69) is 6.26 Å². The maximum absolute atomic E-state index is 5.68. The predicted molar refractivity (Wildman–Crippen MR) is 70.3 cm³/mol. The lowest BCUT2D eigenvalue weighted by atomic mass is 10.1. The number of benzene rings is 2. The summed E-state index contributed by atoms with van der Waals surface area (Å²) in [6.07, 6.45) is 4.70. The molecule has 0 aliphatic heterocycles. The van der Waals surface area contributed by atoms with Crippen LogP contribution in [0.25, 0.3) is 33.1 Å². The second-order valence-corrected chi connectivity index (χ2v) is 4.23. The Kier molecular flexibility index (Phi) is 1.86. The van der Waals surface area contributed by atoms with Crippen molar-refractivity contribution < 1.29 is 8.83 Å². The number of rotatable bonds is 1. The summed E-state index contributed by atoms with van der Waals surface area (Å²) >= 11 is 0. The Hall–Kier alpha value is -2.48. The van der Waals surface area contributed by atoms with E-state index in [1.807, 2.05) is 48.5 Å². The van der Waals surface area contributed by atoms with Crippen molar-refractivity contribution in [3.05, 3.63) is 61.1 Å². The topological polar surface area (TPSA) is 26.3 Å². The summed E-state index contributed by atoms with van der Waals surface area (Å²) in [5, 5.41) is 3.20. The van der Waals surface area contributed by atoms with Gasteiger partial charge >= 0.3 is 0 Å². The molecule has 2 heterocycles. The van der Waals surface area contributed by atoms with Gasteiger partial charge < -0.3 is 8.83 Å². The van der Waals surface area contributed by atoms with Gasteiger partial charge in [0.05, 0.1) is 11.8 Å². The zero-order chi connectivity index (χ0) is 11.9. The van der Waals surface area contributed by atoms with E-state index in [0.717, 1.165) is 33.1 Å². The van der Waals surface area contributed by atoms with Gasteiger partial charge in [-0.2, -0.15) is 0 Å². The second-order valence-electron chi connectivity index (χ2n) is 4.23. The van der Waals surface area contributed by atoms with E-state index >= 15 is 0 Å². The molecule has 1 radical (unpaired) electrons. The molecular weight excluding hydrogens is 224 g/mol. The average Bonchev–Trinajstić information content (AvgIpc) is 3.01. The van der Waals surface area contributed by atoms with Gasteiger partial charge in [-0.05, 0) is 6.07 Å². The van der Waals surface area contributed by atoms with E-state index in [4.69, 9.17) is 8.83 Å². The summed E-state index contributed by atoms with van der Waals surface area (Å²) in [7, 11) is 0. The Morgan fingerprint density at radius 1 is 0.833 bits per heavy atom. The van der Waals surface area contributed by atoms with Crippen molar-refractivity contribution in [3.63, 3.8) is 0 Å². The van der Waals surface area contributed by atoms with E-state index in [0.29, 0.717) is 0 Å². The molecule has 0 spiro atoms. The highest BCUT2D eigenvalue weighted by Gasteiger charge is 2.14. The van der Waals surface area contributed by atoms with Crippen LogP contribution in [0.1, 0.15) is 0 Å². The minimum atomic E-state index is 0.815. The summed E-state index contributed by atoms with van der Waals surface area (Å²) < 4.78 is 11.1. The molecule has 85 valence electrons. The van der Waals surface area contributed by atoms with E-state index in [1.165, 1.54) is 0 Å². The third-order valence-corrected chi connectivity index (χ3v) is 3.16. The Bertz CT molecular complexity index is 764. The summed E-state index contributed by atoms with van der Waals surface area (Å²) in [5.74, 6) is 0.815. The van der Waals surface area contributed by atoms with Gasteiger partial charge in [-0.1, -0.05) is 42.5 Å². The third-order valence-electron chi connectivity index (χ3n) is 3.16. The molecule has 0 amide bonds. The highest BCUT2D eigenvalue weighted by Crippen LogP contribution is 2.35. The predicted octanol–water partition coefficient (Wildman–Crippen LogP) is 4.65. The van der Waals surface area contributed by atoms with Gasteiger partial charge in [-0.15, -0.1) is 0 Å². The lowest BCUT2D eigenvalue weighted by molar-refractivity contribution is 0.578. The van der Waals surface area contributed by atoms with Gasteiger partial charge in [0.25, 0.3) is 0 Å². The molecule has 0 aliphatic carbocycles. The van der Waals surface area contributed by atoms with Crippen LogP contribution in [0.3, 0.4) is 0 Å². The fraction of sp³-hybridized carbons (Fsp3) is 0. The summed E-state index contributed by atoms with van der Waals surface area (Å²) in [6, 6.07) is 16.0.